The summed E-state index contributed by atoms with van der Waals surface area (Å²) in [5.74, 6) is 1.46. The lowest BCUT2D eigenvalue weighted by molar-refractivity contribution is 0.0616. The van der Waals surface area contributed by atoms with Crippen molar-refractivity contribution in [2.45, 2.75) is 26.0 Å². The van der Waals surface area contributed by atoms with Crippen molar-refractivity contribution >= 4 is 5.96 Å². The molecule has 7 nitrogen and oxygen atoms in total. The Kier molecular flexibility index (Phi) is 6.41. The molecular formula is C18H27N5O2. The fourth-order valence-electron chi connectivity index (χ4n) is 2.34. The molecule has 0 aliphatic carbocycles. The van der Waals surface area contributed by atoms with E-state index in [4.69, 9.17) is 4.74 Å². The molecule has 0 aliphatic heterocycles. The summed E-state index contributed by atoms with van der Waals surface area (Å²) >= 11 is 0. The van der Waals surface area contributed by atoms with Gasteiger partial charge in [-0.15, -0.1) is 0 Å². The average molecular weight is 345 g/mol. The molecule has 0 saturated heterocycles. The van der Waals surface area contributed by atoms with Crippen LogP contribution in [-0.4, -0.2) is 41.0 Å². The van der Waals surface area contributed by atoms with Crippen LogP contribution in [0.3, 0.4) is 0 Å². The first-order valence-corrected chi connectivity index (χ1v) is 8.31. The standard InChI is InChI=1S/C18H27N5O2/c1-5-19-17(20-10-14-7-6-8-16(9-14)25-4)21-13-18(2,24)15-11-22-23(3)12-15/h6-9,11-12,24H,5,10,13H2,1-4H3,(H2,19,20,21). The quantitative estimate of drug-likeness (QED) is 0.522. The van der Waals surface area contributed by atoms with Gasteiger partial charge in [0.2, 0.25) is 0 Å². The Morgan fingerprint density at radius 3 is 2.84 bits per heavy atom. The van der Waals surface area contributed by atoms with E-state index < -0.39 is 5.60 Å². The first-order valence-electron chi connectivity index (χ1n) is 8.31. The minimum absolute atomic E-state index is 0.322. The number of rotatable bonds is 7. The van der Waals surface area contributed by atoms with Crippen LogP contribution in [0.1, 0.15) is 25.0 Å². The molecule has 0 radical (unpaired) electrons. The number of ether oxygens (including phenoxy) is 1. The number of nitrogens with zero attached hydrogens (tertiary/aromatic N) is 3. The predicted molar refractivity (Wildman–Crippen MR) is 98.6 cm³/mol. The lowest BCUT2D eigenvalue weighted by Gasteiger charge is -2.23. The Morgan fingerprint density at radius 1 is 1.40 bits per heavy atom. The third-order valence-electron chi connectivity index (χ3n) is 3.82. The molecule has 3 N–H and O–H groups in total. The zero-order valence-electron chi connectivity index (χ0n) is 15.3. The van der Waals surface area contributed by atoms with Crippen molar-refractivity contribution in [3.63, 3.8) is 0 Å². The fourth-order valence-corrected chi connectivity index (χ4v) is 2.34. The average Bonchev–Trinajstić information content (AvgIpc) is 3.05. The van der Waals surface area contributed by atoms with E-state index in [-0.39, 0.29) is 0 Å². The van der Waals surface area contributed by atoms with E-state index >= 15 is 0 Å². The maximum absolute atomic E-state index is 10.7. The van der Waals surface area contributed by atoms with E-state index in [2.05, 4.69) is 20.7 Å². The van der Waals surface area contributed by atoms with Gasteiger partial charge in [-0.2, -0.15) is 5.10 Å². The molecule has 1 heterocycles. The van der Waals surface area contributed by atoms with Crippen LogP contribution in [0.4, 0.5) is 0 Å². The van der Waals surface area contributed by atoms with Gasteiger partial charge in [-0.05, 0) is 31.5 Å². The topological polar surface area (TPSA) is 83.7 Å². The number of guanidine groups is 1. The molecule has 1 aromatic carbocycles. The van der Waals surface area contributed by atoms with Crippen LogP contribution in [0.25, 0.3) is 0 Å². The summed E-state index contributed by atoms with van der Waals surface area (Å²) in [5.41, 5.74) is 0.766. The molecule has 0 aliphatic rings. The number of hydrogen-bond donors (Lipinski definition) is 3. The monoisotopic (exact) mass is 345 g/mol. The summed E-state index contributed by atoms with van der Waals surface area (Å²) in [5, 5.41) is 21.1. The van der Waals surface area contributed by atoms with E-state index in [0.717, 1.165) is 23.4 Å². The highest BCUT2D eigenvalue weighted by Crippen LogP contribution is 2.18. The van der Waals surface area contributed by atoms with Crippen molar-refractivity contribution in [3.8, 4) is 5.75 Å². The lowest BCUT2D eigenvalue weighted by Crippen LogP contribution is -2.44. The molecule has 2 rings (SSSR count). The summed E-state index contributed by atoms with van der Waals surface area (Å²) in [6.07, 6.45) is 3.48. The molecule has 0 fully saturated rings. The number of nitrogens with one attached hydrogen (secondary N) is 2. The highest BCUT2D eigenvalue weighted by Gasteiger charge is 2.24. The zero-order valence-corrected chi connectivity index (χ0v) is 15.3. The minimum Gasteiger partial charge on any atom is -0.497 e. The van der Waals surface area contributed by atoms with E-state index in [0.29, 0.717) is 19.0 Å². The second kappa shape index (κ2) is 8.53. The highest BCUT2D eigenvalue weighted by atomic mass is 16.5. The van der Waals surface area contributed by atoms with Gasteiger partial charge in [-0.1, -0.05) is 12.1 Å². The number of aliphatic hydroxyl groups is 1. The summed E-state index contributed by atoms with van der Waals surface area (Å²) in [4.78, 5) is 4.57. The molecule has 1 unspecified atom stereocenters. The normalized spacial score (nSPS) is 14.0. The van der Waals surface area contributed by atoms with Gasteiger partial charge >= 0.3 is 0 Å². The molecule has 1 aromatic heterocycles. The van der Waals surface area contributed by atoms with Gasteiger partial charge < -0.3 is 20.5 Å². The number of aryl methyl sites for hydroxylation is 1. The van der Waals surface area contributed by atoms with Gasteiger partial charge in [0.05, 0.1) is 26.4 Å². The Bertz CT molecular complexity index is 709. The van der Waals surface area contributed by atoms with Gasteiger partial charge in [-0.3, -0.25) is 4.68 Å². The summed E-state index contributed by atoms with van der Waals surface area (Å²) < 4.78 is 6.90. The molecule has 0 saturated carbocycles. The Balaban J connectivity index is 2.01. The van der Waals surface area contributed by atoms with Gasteiger partial charge in [0.25, 0.3) is 0 Å². The smallest absolute Gasteiger partial charge is 0.191 e. The predicted octanol–water partition coefficient (Wildman–Crippen LogP) is 1.39. The molecular weight excluding hydrogens is 318 g/mol. The number of benzene rings is 1. The fraction of sp³-hybridized carbons (Fsp3) is 0.444. The van der Waals surface area contributed by atoms with E-state index in [1.54, 1.807) is 24.9 Å². The Morgan fingerprint density at radius 2 is 2.20 bits per heavy atom. The molecule has 0 bridgehead atoms. The Labute approximate surface area is 148 Å². The van der Waals surface area contributed by atoms with Crippen molar-refractivity contribution in [1.82, 2.24) is 20.4 Å². The zero-order chi connectivity index (χ0) is 18.3. The van der Waals surface area contributed by atoms with Crippen molar-refractivity contribution in [3.05, 3.63) is 47.8 Å². The van der Waals surface area contributed by atoms with E-state index in [1.165, 1.54) is 0 Å². The summed E-state index contributed by atoms with van der Waals surface area (Å²) in [7, 11) is 3.47. The van der Waals surface area contributed by atoms with E-state index in [1.807, 2.05) is 44.4 Å². The van der Waals surface area contributed by atoms with Crippen LogP contribution >= 0.6 is 0 Å². The van der Waals surface area contributed by atoms with Crippen molar-refractivity contribution in [2.24, 2.45) is 12.0 Å². The highest BCUT2D eigenvalue weighted by molar-refractivity contribution is 5.79. The summed E-state index contributed by atoms with van der Waals surface area (Å²) in [6, 6.07) is 7.80. The van der Waals surface area contributed by atoms with Crippen LogP contribution in [0.5, 0.6) is 5.75 Å². The molecule has 0 spiro atoms. The van der Waals surface area contributed by atoms with Crippen LogP contribution < -0.4 is 15.4 Å². The van der Waals surface area contributed by atoms with E-state index in [9.17, 15) is 5.11 Å². The van der Waals surface area contributed by atoms with Crippen molar-refractivity contribution < 1.29 is 9.84 Å². The number of hydrogen-bond acceptors (Lipinski definition) is 4. The van der Waals surface area contributed by atoms with Gasteiger partial charge in [0.15, 0.2) is 5.96 Å². The second-order valence-corrected chi connectivity index (χ2v) is 6.08. The third-order valence-corrected chi connectivity index (χ3v) is 3.82. The van der Waals surface area contributed by atoms with Crippen LogP contribution in [-0.2, 0) is 19.2 Å². The van der Waals surface area contributed by atoms with Crippen LogP contribution in [0, 0.1) is 0 Å². The maximum atomic E-state index is 10.7. The molecule has 0 amide bonds. The number of aliphatic imine (C=N–C) groups is 1. The maximum Gasteiger partial charge on any atom is 0.191 e. The molecule has 7 heteroatoms. The Hall–Kier alpha value is -2.54. The molecule has 25 heavy (non-hydrogen) atoms. The SMILES string of the molecule is CCNC(=NCc1cccc(OC)c1)NCC(C)(O)c1cnn(C)c1. The first-order chi connectivity index (χ1) is 11.9. The molecule has 136 valence electrons. The first kappa shape index (κ1) is 18.8. The van der Waals surface area contributed by atoms with Crippen molar-refractivity contribution in [1.29, 1.82) is 0 Å². The molecule has 2 aromatic rings. The minimum atomic E-state index is -1.04. The second-order valence-electron chi connectivity index (χ2n) is 6.08. The number of methoxy groups -OCH3 is 1. The lowest BCUT2D eigenvalue weighted by atomic mass is 10.00. The molecule has 1 atom stereocenters. The van der Waals surface area contributed by atoms with Gasteiger partial charge in [0.1, 0.15) is 11.4 Å². The van der Waals surface area contributed by atoms with Gasteiger partial charge in [0, 0.05) is 25.4 Å². The number of aromatic nitrogens is 2. The van der Waals surface area contributed by atoms with Gasteiger partial charge in [-0.25, -0.2) is 4.99 Å². The summed E-state index contributed by atoms with van der Waals surface area (Å²) in [6.45, 7) is 5.33. The van der Waals surface area contributed by atoms with Crippen LogP contribution in [0.2, 0.25) is 0 Å². The van der Waals surface area contributed by atoms with Crippen LogP contribution in [0.15, 0.2) is 41.7 Å². The van der Waals surface area contributed by atoms with Crippen molar-refractivity contribution in [2.75, 3.05) is 20.2 Å². The third kappa shape index (κ3) is 5.49. The largest absolute Gasteiger partial charge is 0.497 e.